The standard InChI is InChI=1S/C19H19Cl2N5O2/c1-28-11-10-23-19(27)24-17-16(12-2-4-13(20)5-3-12)25-26(18(17)22)15-8-6-14(21)7-9-15/h2-9H,10-11,22H2,1H3,(H2,23,24,27). The Bertz CT molecular complexity index is 956. The maximum atomic E-state index is 12.3. The normalized spacial score (nSPS) is 10.7. The lowest BCUT2D eigenvalue weighted by Crippen LogP contribution is -2.31. The van der Waals surface area contributed by atoms with Crippen molar-refractivity contribution < 1.29 is 9.53 Å². The van der Waals surface area contributed by atoms with Gasteiger partial charge in [-0.05, 0) is 36.4 Å². The summed E-state index contributed by atoms with van der Waals surface area (Å²) in [6.07, 6.45) is 0. The van der Waals surface area contributed by atoms with Crippen molar-refractivity contribution in [3.63, 3.8) is 0 Å². The van der Waals surface area contributed by atoms with E-state index in [1.54, 1.807) is 48.2 Å². The summed E-state index contributed by atoms with van der Waals surface area (Å²) in [5.41, 5.74) is 8.71. The molecule has 0 aliphatic rings. The highest BCUT2D eigenvalue weighted by atomic mass is 35.5. The Morgan fingerprint density at radius 2 is 1.71 bits per heavy atom. The van der Waals surface area contributed by atoms with Crippen molar-refractivity contribution in [2.24, 2.45) is 0 Å². The molecule has 1 aromatic heterocycles. The average molecular weight is 420 g/mol. The molecule has 0 unspecified atom stereocenters. The van der Waals surface area contributed by atoms with Crippen LogP contribution >= 0.6 is 23.2 Å². The molecule has 2 amide bonds. The number of anilines is 2. The number of nitrogens with one attached hydrogen (secondary N) is 2. The van der Waals surface area contributed by atoms with Gasteiger partial charge >= 0.3 is 6.03 Å². The second kappa shape index (κ2) is 8.97. The van der Waals surface area contributed by atoms with Gasteiger partial charge in [0.15, 0.2) is 5.82 Å². The number of nitrogens with two attached hydrogens (primary N) is 1. The quantitative estimate of drug-likeness (QED) is 0.521. The molecular formula is C19H19Cl2N5O2. The Labute approximate surface area is 172 Å². The van der Waals surface area contributed by atoms with Gasteiger partial charge in [-0.15, -0.1) is 0 Å². The van der Waals surface area contributed by atoms with Crippen LogP contribution in [0.1, 0.15) is 0 Å². The summed E-state index contributed by atoms with van der Waals surface area (Å²) in [5.74, 6) is 0.286. The van der Waals surface area contributed by atoms with Crippen LogP contribution in [0.25, 0.3) is 16.9 Å². The number of ether oxygens (including phenoxy) is 1. The van der Waals surface area contributed by atoms with Crippen molar-refractivity contribution in [3.8, 4) is 16.9 Å². The Morgan fingerprint density at radius 3 is 2.32 bits per heavy atom. The van der Waals surface area contributed by atoms with Crippen molar-refractivity contribution in [2.75, 3.05) is 31.3 Å². The van der Waals surface area contributed by atoms with E-state index in [1.807, 2.05) is 12.1 Å². The fourth-order valence-corrected chi connectivity index (χ4v) is 2.82. The SMILES string of the molecule is COCCNC(=O)Nc1c(-c2ccc(Cl)cc2)nn(-c2ccc(Cl)cc2)c1N. The third kappa shape index (κ3) is 4.56. The summed E-state index contributed by atoms with van der Waals surface area (Å²) < 4.78 is 6.48. The Balaban J connectivity index is 2.00. The van der Waals surface area contributed by atoms with E-state index in [9.17, 15) is 4.79 Å². The van der Waals surface area contributed by atoms with Crippen molar-refractivity contribution in [2.45, 2.75) is 0 Å². The highest BCUT2D eigenvalue weighted by Crippen LogP contribution is 2.34. The second-order valence-corrected chi connectivity index (χ2v) is 6.75. The fraction of sp³-hybridized carbons (Fsp3) is 0.158. The van der Waals surface area contributed by atoms with Gasteiger partial charge in [-0.3, -0.25) is 0 Å². The maximum Gasteiger partial charge on any atom is 0.319 e. The Hall–Kier alpha value is -2.74. The van der Waals surface area contributed by atoms with Gasteiger partial charge in [-0.2, -0.15) is 5.10 Å². The first kappa shape index (κ1) is 20.0. The molecule has 0 aliphatic carbocycles. The van der Waals surface area contributed by atoms with Gasteiger partial charge in [-0.25, -0.2) is 9.48 Å². The fourth-order valence-electron chi connectivity index (χ4n) is 2.57. The van der Waals surface area contributed by atoms with E-state index in [-0.39, 0.29) is 5.82 Å². The zero-order chi connectivity index (χ0) is 20.1. The molecule has 0 bridgehead atoms. The molecule has 9 heteroatoms. The van der Waals surface area contributed by atoms with Gasteiger partial charge in [0, 0.05) is 29.3 Å². The van der Waals surface area contributed by atoms with Crippen LogP contribution in [0.3, 0.4) is 0 Å². The molecule has 0 spiro atoms. The number of rotatable bonds is 6. The third-order valence-corrected chi connectivity index (χ3v) is 4.44. The molecule has 0 fully saturated rings. The molecule has 28 heavy (non-hydrogen) atoms. The third-order valence-electron chi connectivity index (χ3n) is 3.94. The van der Waals surface area contributed by atoms with Crippen molar-refractivity contribution in [1.82, 2.24) is 15.1 Å². The van der Waals surface area contributed by atoms with Crippen LogP contribution in [-0.2, 0) is 4.74 Å². The summed E-state index contributed by atoms with van der Waals surface area (Å²) in [5, 5.41) is 11.3. The smallest absolute Gasteiger partial charge is 0.319 e. The van der Waals surface area contributed by atoms with E-state index in [2.05, 4.69) is 15.7 Å². The number of hydrogen-bond acceptors (Lipinski definition) is 4. The number of carbonyl (C=O) groups excluding carboxylic acids is 1. The minimum absolute atomic E-state index is 0.286. The molecule has 0 atom stereocenters. The van der Waals surface area contributed by atoms with E-state index >= 15 is 0 Å². The number of amides is 2. The second-order valence-electron chi connectivity index (χ2n) is 5.88. The van der Waals surface area contributed by atoms with Gasteiger partial charge in [0.05, 0.1) is 12.3 Å². The summed E-state index contributed by atoms with van der Waals surface area (Å²) >= 11 is 12.0. The lowest BCUT2D eigenvalue weighted by molar-refractivity contribution is 0.198. The highest BCUT2D eigenvalue weighted by molar-refractivity contribution is 6.30. The average Bonchev–Trinajstić information content (AvgIpc) is 3.00. The molecule has 0 saturated carbocycles. The zero-order valence-corrected chi connectivity index (χ0v) is 16.6. The molecule has 0 radical (unpaired) electrons. The topological polar surface area (TPSA) is 94.2 Å². The van der Waals surface area contributed by atoms with E-state index < -0.39 is 6.03 Å². The van der Waals surface area contributed by atoms with E-state index in [0.29, 0.717) is 40.3 Å². The summed E-state index contributed by atoms with van der Waals surface area (Å²) in [6.45, 7) is 0.765. The number of hydrogen-bond donors (Lipinski definition) is 3. The monoisotopic (exact) mass is 419 g/mol. The lowest BCUT2D eigenvalue weighted by atomic mass is 10.1. The number of halogens is 2. The van der Waals surface area contributed by atoms with E-state index in [4.69, 9.17) is 33.7 Å². The predicted octanol–water partition coefficient (Wildman–Crippen LogP) is 4.20. The number of aromatic nitrogens is 2. The first-order chi connectivity index (χ1) is 13.5. The number of urea groups is 1. The molecule has 4 N–H and O–H groups in total. The van der Waals surface area contributed by atoms with Crippen LogP contribution in [0.15, 0.2) is 48.5 Å². The minimum Gasteiger partial charge on any atom is -0.383 e. The van der Waals surface area contributed by atoms with Crippen LogP contribution in [0.4, 0.5) is 16.3 Å². The molecule has 3 aromatic rings. The summed E-state index contributed by atoms with van der Waals surface area (Å²) in [7, 11) is 1.56. The van der Waals surface area contributed by atoms with Crippen LogP contribution in [0.5, 0.6) is 0 Å². The zero-order valence-electron chi connectivity index (χ0n) is 15.1. The van der Waals surface area contributed by atoms with Crippen molar-refractivity contribution in [1.29, 1.82) is 0 Å². The van der Waals surface area contributed by atoms with Crippen LogP contribution in [0, 0.1) is 0 Å². The largest absolute Gasteiger partial charge is 0.383 e. The molecule has 0 aliphatic heterocycles. The Morgan fingerprint density at radius 1 is 1.11 bits per heavy atom. The molecule has 1 heterocycles. The van der Waals surface area contributed by atoms with Gasteiger partial charge in [0.2, 0.25) is 0 Å². The molecule has 146 valence electrons. The Kier molecular flexibility index (Phi) is 6.41. The first-order valence-corrected chi connectivity index (χ1v) is 9.19. The molecule has 0 saturated heterocycles. The summed E-state index contributed by atoms with van der Waals surface area (Å²) in [4.78, 5) is 12.3. The van der Waals surface area contributed by atoms with Gasteiger partial charge in [0.25, 0.3) is 0 Å². The number of methoxy groups -OCH3 is 1. The van der Waals surface area contributed by atoms with Crippen molar-refractivity contribution >= 4 is 40.7 Å². The van der Waals surface area contributed by atoms with E-state index in [1.165, 1.54) is 0 Å². The van der Waals surface area contributed by atoms with Gasteiger partial charge in [0.1, 0.15) is 11.4 Å². The maximum absolute atomic E-state index is 12.3. The molecule has 3 rings (SSSR count). The highest BCUT2D eigenvalue weighted by Gasteiger charge is 2.20. The van der Waals surface area contributed by atoms with Gasteiger partial charge < -0.3 is 21.1 Å². The van der Waals surface area contributed by atoms with E-state index in [0.717, 1.165) is 5.56 Å². The van der Waals surface area contributed by atoms with Crippen LogP contribution < -0.4 is 16.4 Å². The van der Waals surface area contributed by atoms with Gasteiger partial charge in [-0.1, -0.05) is 35.3 Å². The predicted molar refractivity (Wildman–Crippen MR) is 112 cm³/mol. The van der Waals surface area contributed by atoms with Crippen LogP contribution in [0.2, 0.25) is 10.0 Å². The number of nitrogens with zero attached hydrogens (tertiary/aromatic N) is 2. The molecule has 7 nitrogen and oxygen atoms in total. The minimum atomic E-state index is -0.408. The number of benzene rings is 2. The molecule has 2 aromatic carbocycles. The first-order valence-electron chi connectivity index (χ1n) is 8.43. The van der Waals surface area contributed by atoms with Crippen molar-refractivity contribution in [3.05, 3.63) is 58.6 Å². The molecular weight excluding hydrogens is 401 g/mol. The number of carbonyl (C=O) groups is 1. The summed E-state index contributed by atoms with van der Waals surface area (Å²) in [6, 6.07) is 13.8. The lowest BCUT2D eigenvalue weighted by Gasteiger charge is -2.09. The van der Waals surface area contributed by atoms with Crippen LogP contribution in [-0.4, -0.2) is 36.1 Å². The number of nitrogen functional groups attached to an aromatic ring is 1.